The van der Waals surface area contributed by atoms with E-state index in [1.807, 2.05) is 41.1 Å². The quantitative estimate of drug-likeness (QED) is 0.730. The zero-order valence-corrected chi connectivity index (χ0v) is 14.7. The first kappa shape index (κ1) is 15.9. The van der Waals surface area contributed by atoms with Gasteiger partial charge in [0.25, 0.3) is 0 Å². The average molecular weight is 362 g/mol. The van der Waals surface area contributed by atoms with Crippen LogP contribution < -0.4 is 4.52 Å². The number of ether oxygens (including phenoxy) is 1. The summed E-state index contributed by atoms with van der Waals surface area (Å²) in [7, 11) is -3.11. The molecule has 0 saturated carbocycles. The van der Waals surface area contributed by atoms with Gasteiger partial charge in [-0.2, -0.15) is 0 Å². The molecule has 2 aromatic rings. The maximum atomic E-state index is 13.6. The van der Waals surface area contributed by atoms with Crippen molar-refractivity contribution >= 4 is 24.7 Å². The molecule has 1 atom stereocenters. The third kappa shape index (κ3) is 2.91. The van der Waals surface area contributed by atoms with Gasteiger partial charge in [0.05, 0.1) is 13.2 Å². The minimum atomic E-state index is -3.11. The molecule has 0 radical (unpaired) electrons. The first-order valence-electron chi connectivity index (χ1n) is 7.86. The van der Waals surface area contributed by atoms with Crippen LogP contribution in [0.25, 0.3) is 5.57 Å². The Morgan fingerprint density at radius 2 is 1.79 bits per heavy atom. The maximum Gasteiger partial charge on any atom is 0.343 e. The molecule has 124 valence electrons. The van der Waals surface area contributed by atoms with Crippen molar-refractivity contribution in [1.82, 2.24) is 4.67 Å². The third-order valence-electron chi connectivity index (χ3n) is 4.22. The van der Waals surface area contributed by atoms with Gasteiger partial charge in [0.2, 0.25) is 0 Å². The summed E-state index contributed by atoms with van der Waals surface area (Å²) in [6, 6.07) is 15.3. The Morgan fingerprint density at radius 3 is 2.54 bits per heavy atom. The summed E-state index contributed by atoms with van der Waals surface area (Å²) in [5, 5.41) is 0.627. The second-order valence-electron chi connectivity index (χ2n) is 5.77. The van der Waals surface area contributed by atoms with Crippen LogP contribution in [0.1, 0.15) is 11.1 Å². The van der Waals surface area contributed by atoms with E-state index in [0.717, 1.165) is 16.7 Å². The van der Waals surface area contributed by atoms with Gasteiger partial charge in [-0.1, -0.05) is 41.9 Å². The fourth-order valence-electron chi connectivity index (χ4n) is 3.01. The van der Waals surface area contributed by atoms with Crippen molar-refractivity contribution in [2.45, 2.75) is 0 Å². The van der Waals surface area contributed by atoms with Crippen LogP contribution in [0.3, 0.4) is 0 Å². The lowest BCUT2D eigenvalue weighted by Gasteiger charge is -2.35. The highest BCUT2D eigenvalue weighted by Crippen LogP contribution is 2.59. The van der Waals surface area contributed by atoms with Crippen molar-refractivity contribution < 1.29 is 13.8 Å². The molecule has 0 aliphatic carbocycles. The van der Waals surface area contributed by atoms with Crippen molar-refractivity contribution in [3.63, 3.8) is 0 Å². The minimum Gasteiger partial charge on any atom is -0.429 e. The first-order valence-corrected chi connectivity index (χ1v) is 9.89. The van der Waals surface area contributed by atoms with Gasteiger partial charge in [0, 0.05) is 35.1 Å². The molecule has 4 rings (SSSR count). The number of rotatable bonds is 2. The van der Waals surface area contributed by atoms with Crippen LogP contribution in [-0.2, 0) is 9.30 Å². The molecule has 2 aromatic carbocycles. The molecular formula is C18H17ClNO3P. The highest BCUT2D eigenvalue weighted by Gasteiger charge is 2.37. The molecule has 1 fully saturated rings. The lowest BCUT2D eigenvalue weighted by molar-refractivity contribution is 0.0690. The van der Waals surface area contributed by atoms with Crippen molar-refractivity contribution in [1.29, 1.82) is 0 Å². The summed E-state index contributed by atoms with van der Waals surface area (Å²) < 4.78 is 26.8. The van der Waals surface area contributed by atoms with Crippen LogP contribution in [-0.4, -0.2) is 31.0 Å². The standard InChI is InChI=1S/C18H17ClNO3P/c19-15-6-7-18-16(12-15)17(14-4-2-1-3-5-14)13-24(21,23-18)20-8-10-22-11-9-20/h1-7,12-13H,8-11H2/t24-/m1/s1. The number of hydrogen-bond acceptors (Lipinski definition) is 3. The van der Waals surface area contributed by atoms with Gasteiger partial charge in [0.1, 0.15) is 5.75 Å². The average Bonchev–Trinajstić information content (AvgIpc) is 2.63. The van der Waals surface area contributed by atoms with E-state index in [2.05, 4.69) is 0 Å². The molecule has 2 heterocycles. The number of benzene rings is 2. The van der Waals surface area contributed by atoms with E-state index < -0.39 is 7.52 Å². The summed E-state index contributed by atoms with van der Waals surface area (Å²) in [5.41, 5.74) is 2.76. The van der Waals surface area contributed by atoms with E-state index in [1.165, 1.54) is 0 Å². The number of halogens is 1. The number of nitrogens with zero attached hydrogens (tertiary/aromatic N) is 1. The largest absolute Gasteiger partial charge is 0.429 e. The number of hydrogen-bond donors (Lipinski definition) is 0. The predicted octanol–water partition coefficient (Wildman–Crippen LogP) is 4.65. The molecule has 2 aliphatic rings. The van der Waals surface area contributed by atoms with Crippen molar-refractivity contribution in [3.05, 3.63) is 70.5 Å². The fourth-order valence-corrected chi connectivity index (χ4v) is 5.29. The molecule has 6 heteroatoms. The summed E-state index contributed by atoms with van der Waals surface area (Å²) >= 11 is 6.17. The van der Waals surface area contributed by atoms with Crippen molar-refractivity contribution in [3.8, 4) is 5.75 Å². The van der Waals surface area contributed by atoms with Crippen LogP contribution in [0.2, 0.25) is 5.02 Å². The Labute approximate surface area is 146 Å². The second-order valence-corrected chi connectivity index (χ2v) is 8.34. The van der Waals surface area contributed by atoms with E-state index in [-0.39, 0.29) is 0 Å². The van der Waals surface area contributed by atoms with E-state index in [4.69, 9.17) is 20.9 Å². The number of morpholine rings is 1. The molecule has 0 unspecified atom stereocenters. The lowest BCUT2D eigenvalue weighted by atomic mass is 9.99. The molecule has 2 aliphatic heterocycles. The van der Waals surface area contributed by atoms with Crippen LogP contribution >= 0.6 is 19.1 Å². The van der Waals surface area contributed by atoms with Crippen molar-refractivity contribution in [2.24, 2.45) is 0 Å². The highest BCUT2D eigenvalue weighted by molar-refractivity contribution is 7.60. The fraction of sp³-hybridized carbons (Fsp3) is 0.222. The summed E-state index contributed by atoms with van der Waals surface area (Å²) in [6.45, 7) is 2.32. The van der Waals surface area contributed by atoms with Crippen LogP contribution in [0.15, 0.2) is 54.3 Å². The van der Waals surface area contributed by atoms with E-state index in [9.17, 15) is 4.57 Å². The van der Waals surface area contributed by atoms with Crippen LogP contribution in [0, 0.1) is 0 Å². The third-order valence-corrected chi connectivity index (χ3v) is 6.69. The second kappa shape index (κ2) is 6.38. The first-order chi connectivity index (χ1) is 11.7. The predicted molar refractivity (Wildman–Crippen MR) is 95.6 cm³/mol. The monoisotopic (exact) mass is 361 g/mol. The minimum absolute atomic E-state index is 0.565. The molecular weight excluding hydrogens is 345 g/mol. The van der Waals surface area contributed by atoms with E-state index >= 15 is 0 Å². The number of fused-ring (bicyclic) bond motifs is 1. The van der Waals surface area contributed by atoms with E-state index in [1.54, 1.807) is 17.9 Å². The zero-order valence-electron chi connectivity index (χ0n) is 13.0. The summed E-state index contributed by atoms with van der Waals surface area (Å²) in [4.78, 5) is 0. The summed E-state index contributed by atoms with van der Waals surface area (Å²) in [5.74, 6) is 2.38. The topological polar surface area (TPSA) is 38.8 Å². The Kier molecular flexibility index (Phi) is 4.23. The Bertz CT molecular complexity index is 831. The van der Waals surface area contributed by atoms with Gasteiger partial charge >= 0.3 is 7.52 Å². The summed E-state index contributed by atoms with van der Waals surface area (Å²) in [6.07, 6.45) is 0. The molecule has 0 spiro atoms. The molecule has 0 N–H and O–H groups in total. The SMILES string of the molecule is O=[P@]1(N2CCOCC2)C=C(c2ccccc2)c2cc(Cl)ccc2O1. The Morgan fingerprint density at radius 1 is 1.04 bits per heavy atom. The molecule has 0 aromatic heterocycles. The van der Waals surface area contributed by atoms with Gasteiger partial charge in [-0.05, 0) is 23.8 Å². The van der Waals surface area contributed by atoms with Crippen molar-refractivity contribution in [2.75, 3.05) is 26.3 Å². The molecule has 1 saturated heterocycles. The zero-order chi connectivity index (χ0) is 16.6. The maximum absolute atomic E-state index is 13.6. The smallest absolute Gasteiger partial charge is 0.343 e. The van der Waals surface area contributed by atoms with Gasteiger partial charge in [-0.3, -0.25) is 4.57 Å². The lowest BCUT2D eigenvalue weighted by Crippen LogP contribution is -2.35. The molecule has 0 bridgehead atoms. The molecule has 24 heavy (non-hydrogen) atoms. The van der Waals surface area contributed by atoms with Gasteiger partial charge in [0.15, 0.2) is 0 Å². The van der Waals surface area contributed by atoms with Crippen LogP contribution in [0.5, 0.6) is 5.75 Å². The van der Waals surface area contributed by atoms with Gasteiger partial charge in [-0.25, -0.2) is 4.67 Å². The van der Waals surface area contributed by atoms with Gasteiger partial charge < -0.3 is 9.26 Å². The molecule has 4 nitrogen and oxygen atoms in total. The highest BCUT2D eigenvalue weighted by atomic mass is 35.5. The molecule has 0 amide bonds. The Balaban J connectivity index is 1.85. The van der Waals surface area contributed by atoms with Crippen LogP contribution in [0.4, 0.5) is 0 Å². The Hall–Kier alpha value is -1.58. The van der Waals surface area contributed by atoms with Gasteiger partial charge in [-0.15, -0.1) is 0 Å². The van der Waals surface area contributed by atoms with E-state index in [0.29, 0.717) is 37.1 Å². The normalized spacial score (nSPS) is 24.0.